The summed E-state index contributed by atoms with van der Waals surface area (Å²) in [6.45, 7) is 7.73. The maximum atomic E-state index is 11.6. The summed E-state index contributed by atoms with van der Waals surface area (Å²) in [5.41, 5.74) is -0.410. The van der Waals surface area contributed by atoms with E-state index in [4.69, 9.17) is 4.74 Å². The van der Waals surface area contributed by atoms with E-state index < -0.39 is 5.60 Å². The zero-order valence-electron chi connectivity index (χ0n) is 12.2. The van der Waals surface area contributed by atoms with Crippen LogP contribution in [0.4, 0.5) is 4.79 Å². The lowest BCUT2D eigenvalue weighted by Gasteiger charge is -2.29. The number of rotatable bonds is 3. The van der Waals surface area contributed by atoms with Gasteiger partial charge in [-0.05, 0) is 65.7 Å². The Labute approximate surface area is 111 Å². The predicted molar refractivity (Wildman–Crippen MR) is 74.5 cm³/mol. The molecule has 1 amide bonds. The lowest BCUT2D eigenvalue weighted by Crippen LogP contribution is -2.40. The minimum atomic E-state index is -0.410. The molecule has 1 aliphatic rings. The summed E-state index contributed by atoms with van der Waals surface area (Å²) in [5.74, 6) is 0.790. The Hall–Kier alpha value is -0.990. The number of amides is 1. The fourth-order valence-corrected chi connectivity index (χ4v) is 2.35. The van der Waals surface area contributed by atoms with Gasteiger partial charge in [0.25, 0.3) is 0 Å². The molecule has 0 aliphatic heterocycles. The standard InChI is InChI=1S/C15H27NO2/c1-5-6-7-12-8-10-13(11-9-12)16-14(17)18-15(2,3)4/h5-6,12-13H,7-11H2,1-4H3,(H,16,17)/b6-5+/t12-,13-. The molecule has 0 heterocycles. The largest absolute Gasteiger partial charge is 0.444 e. The molecule has 1 aliphatic carbocycles. The Morgan fingerprint density at radius 3 is 2.39 bits per heavy atom. The summed E-state index contributed by atoms with van der Waals surface area (Å²) in [4.78, 5) is 11.6. The van der Waals surface area contributed by atoms with Crippen LogP contribution in [0.15, 0.2) is 12.2 Å². The van der Waals surface area contributed by atoms with E-state index in [0.717, 1.165) is 18.8 Å². The van der Waals surface area contributed by atoms with Crippen LogP contribution in [0, 0.1) is 5.92 Å². The molecular formula is C15H27NO2. The number of alkyl carbamates (subject to hydrolysis) is 1. The zero-order chi connectivity index (χ0) is 13.6. The molecule has 18 heavy (non-hydrogen) atoms. The maximum absolute atomic E-state index is 11.6. The van der Waals surface area contributed by atoms with Gasteiger partial charge in [-0.1, -0.05) is 12.2 Å². The molecule has 1 N–H and O–H groups in total. The van der Waals surface area contributed by atoms with Gasteiger partial charge in [-0.3, -0.25) is 0 Å². The van der Waals surface area contributed by atoms with Crippen molar-refractivity contribution in [3.8, 4) is 0 Å². The highest BCUT2D eigenvalue weighted by molar-refractivity contribution is 5.68. The van der Waals surface area contributed by atoms with Crippen LogP contribution < -0.4 is 5.32 Å². The Bertz CT molecular complexity index is 283. The number of ether oxygens (including phenoxy) is 1. The minimum Gasteiger partial charge on any atom is -0.444 e. The Morgan fingerprint density at radius 1 is 1.28 bits per heavy atom. The van der Waals surface area contributed by atoms with E-state index in [1.807, 2.05) is 20.8 Å². The van der Waals surface area contributed by atoms with Crippen molar-refractivity contribution in [1.29, 1.82) is 0 Å². The van der Waals surface area contributed by atoms with Crippen molar-refractivity contribution in [1.82, 2.24) is 5.32 Å². The van der Waals surface area contributed by atoms with Gasteiger partial charge < -0.3 is 10.1 Å². The number of carbonyl (C=O) groups excluding carboxylic acids is 1. The molecule has 104 valence electrons. The molecule has 3 heteroatoms. The van der Waals surface area contributed by atoms with Crippen LogP contribution in [0.3, 0.4) is 0 Å². The summed E-state index contributed by atoms with van der Waals surface area (Å²) >= 11 is 0. The van der Waals surface area contributed by atoms with Crippen molar-refractivity contribution >= 4 is 6.09 Å². The van der Waals surface area contributed by atoms with Gasteiger partial charge in [0.15, 0.2) is 0 Å². The summed E-state index contributed by atoms with van der Waals surface area (Å²) in [6, 6.07) is 0.293. The zero-order valence-corrected chi connectivity index (χ0v) is 12.2. The minimum absolute atomic E-state index is 0.278. The van der Waals surface area contributed by atoms with Gasteiger partial charge in [-0.25, -0.2) is 4.79 Å². The van der Waals surface area contributed by atoms with Crippen molar-refractivity contribution in [2.24, 2.45) is 5.92 Å². The van der Waals surface area contributed by atoms with E-state index in [0.29, 0.717) is 6.04 Å². The van der Waals surface area contributed by atoms with Crippen LogP contribution in [0.25, 0.3) is 0 Å². The van der Waals surface area contributed by atoms with Gasteiger partial charge in [0.2, 0.25) is 0 Å². The molecule has 1 saturated carbocycles. The monoisotopic (exact) mass is 253 g/mol. The van der Waals surface area contributed by atoms with E-state index in [1.165, 1.54) is 19.3 Å². The fourth-order valence-electron chi connectivity index (χ4n) is 2.35. The number of carbonyl (C=O) groups is 1. The summed E-state index contributed by atoms with van der Waals surface area (Å²) in [7, 11) is 0. The van der Waals surface area contributed by atoms with E-state index >= 15 is 0 Å². The molecule has 3 nitrogen and oxygen atoms in total. The number of hydrogen-bond acceptors (Lipinski definition) is 2. The van der Waals surface area contributed by atoms with E-state index in [1.54, 1.807) is 0 Å². The SMILES string of the molecule is C/C=C/C[C@H]1CC[C@H](NC(=O)OC(C)(C)C)CC1. The highest BCUT2D eigenvalue weighted by atomic mass is 16.6. The number of allylic oxidation sites excluding steroid dienone is 2. The van der Waals surface area contributed by atoms with E-state index in [2.05, 4.69) is 24.4 Å². The van der Waals surface area contributed by atoms with Crippen LogP contribution in [0.5, 0.6) is 0 Å². The van der Waals surface area contributed by atoms with Gasteiger partial charge in [0, 0.05) is 6.04 Å². The third kappa shape index (κ3) is 6.08. The molecule has 0 unspecified atom stereocenters. The molecule has 0 aromatic rings. The number of hydrogen-bond donors (Lipinski definition) is 1. The van der Waals surface area contributed by atoms with Gasteiger partial charge in [-0.2, -0.15) is 0 Å². The van der Waals surface area contributed by atoms with Crippen LogP contribution in [-0.2, 0) is 4.74 Å². The van der Waals surface area contributed by atoms with Crippen molar-refractivity contribution in [3.63, 3.8) is 0 Å². The fraction of sp³-hybridized carbons (Fsp3) is 0.800. The second-order valence-corrected chi connectivity index (χ2v) is 6.17. The molecule has 0 bridgehead atoms. The lowest BCUT2D eigenvalue weighted by atomic mass is 9.84. The van der Waals surface area contributed by atoms with Crippen molar-refractivity contribution in [2.75, 3.05) is 0 Å². The molecular weight excluding hydrogens is 226 g/mol. The Morgan fingerprint density at radius 2 is 1.89 bits per heavy atom. The quantitative estimate of drug-likeness (QED) is 0.771. The van der Waals surface area contributed by atoms with Crippen molar-refractivity contribution in [3.05, 3.63) is 12.2 Å². The first-order valence-corrected chi connectivity index (χ1v) is 7.01. The summed E-state index contributed by atoms with van der Waals surface area (Å²) in [6.07, 6.45) is 9.80. The van der Waals surface area contributed by atoms with Gasteiger partial charge in [0.05, 0.1) is 0 Å². The van der Waals surface area contributed by atoms with Gasteiger partial charge in [0.1, 0.15) is 5.60 Å². The van der Waals surface area contributed by atoms with Crippen LogP contribution in [-0.4, -0.2) is 17.7 Å². The highest BCUT2D eigenvalue weighted by Crippen LogP contribution is 2.27. The van der Waals surface area contributed by atoms with Gasteiger partial charge >= 0.3 is 6.09 Å². The maximum Gasteiger partial charge on any atom is 0.407 e. The first-order valence-electron chi connectivity index (χ1n) is 7.01. The summed E-state index contributed by atoms with van der Waals surface area (Å²) < 4.78 is 5.27. The van der Waals surface area contributed by atoms with Crippen LogP contribution >= 0.6 is 0 Å². The number of nitrogens with one attached hydrogen (secondary N) is 1. The molecule has 0 spiro atoms. The third-order valence-corrected chi connectivity index (χ3v) is 3.27. The van der Waals surface area contributed by atoms with Crippen molar-refractivity contribution < 1.29 is 9.53 Å². The first-order chi connectivity index (χ1) is 8.40. The smallest absolute Gasteiger partial charge is 0.407 e. The lowest BCUT2D eigenvalue weighted by molar-refractivity contribution is 0.0487. The average Bonchev–Trinajstić information content (AvgIpc) is 2.25. The molecule has 0 atom stereocenters. The topological polar surface area (TPSA) is 38.3 Å². The van der Waals surface area contributed by atoms with Crippen molar-refractivity contribution in [2.45, 2.75) is 71.4 Å². The second kappa shape index (κ2) is 6.81. The predicted octanol–water partition coefficient (Wildman–Crippen LogP) is 4.04. The van der Waals surface area contributed by atoms with E-state index in [9.17, 15) is 4.79 Å². The van der Waals surface area contributed by atoms with Gasteiger partial charge in [-0.15, -0.1) is 0 Å². The highest BCUT2D eigenvalue weighted by Gasteiger charge is 2.24. The summed E-state index contributed by atoms with van der Waals surface area (Å²) in [5, 5.41) is 2.97. The molecule has 0 aromatic carbocycles. The Balaban J connectivity index is 2.25. The molecule has 0 radical (unpaired) electrons. The van der Waals surface area contributed by atoms with Crippen LogP contribution in [0.2, 0.25) is 0 Å². The molecule has 0 aromatic heterocycles. The van der Waals surface area contributed by atoms with Crippen LogP contribution in [0.1, 0.15) is 59.8 Å². The average molecular weight is 253 g/mol. The van der Waals surface area contributed by atoms with E-state index in [-0.39, 0.29) is 6.09 Å². The molecule has 1 fully saturated rings. The third-order valence-electron chi connectivity index (χ3n) is 3.27. The second-order valence-electron chi connectivity index (χ2n) is 6.17. The first kappa shape index (κ1) is 15.1. The Kier molecular flexibility index (Phi) is 5.70. The molecule has 1 rings (SSSR count). The normalized spacial score (nSPS) is 25.1. The molecule has 0 saturated heterocycles.